The molecule has 17 nitrogen and oxygen atoms in total. The number of carbonyl (C=O) groups excluding carboxylic acids is 4. The molecule has 0 fully saturated rings. The summed E-state index contributed by atoms with van der Waals surface area (Å²) in [6, 6.07) is 0. The van der Waals surface area contributed by atoms with Crippen LogP contribution in [0.15, 0.2) is 0 Å². The van der Waals surface area contributed by atoms with Crippen molar-refractivity contribution in [1.82, 2.24) is 0 Å². The van der Waals surface area contributed by atoms with Gasteiger partial charge in [-0.25, -0.2) is 9.13 Å². The first-order valence-corrected chi connectivity index (χ1v) is 40.0. The molecule has 0 bridgehead atoms. The second-order valence-corrected chi connectivity index (χ2v) is 29.3. The minimum atomic E-state index is -4.95. The van der Waals surface area contributed by atoms with Crippen LogP contribution in [0.3, 0.4) is 0 Å². The van der Waals surface area contributed by atoms with Gasteiger partial charge in [0, 0.05) is 25.7 Å². The molecule has 0 amide bonds. The maximum Gasteiger partial charge on any atom is 0.472 e. The van der Waals surface area contributed by atoms with Gasteiger partial charge in [0.05, 0.1) is 26.4 Å². The highest BCUT2D eigenvalue weighted by molar-refractivity contribution is 7.47. The van der Waals surface area contributed by atoms with Gasteiger partial charge >= 0.3 is 39.5 Å². The lowest BCUT2D eigenvalue weighted by Gasteiger charge is -2.21. The minimum absolute atomic E-state index is 0.105. The number of ether oxygens (including phenoxy) is 4. The molecular weight excluding hydrogens is 1190 g/mol. The lowest BCUT2D eigenvalue weighted by atomic mass is 9.99. The van der Waals surface area contributed by atoms with Crippen LogP contribution in [-0.4, -0.2) is 96.7 Å². The summed E-state index contributed by atoms with van der Waals surface area (Å²) in [5.41, 5.74) is 0. The van der Waals surface area contributed by atoms with Crippen LogP contribution >= 0.6 is 15.6 Å². The molecule has 19 heteroatoms. The summed E-state index contributed by atoms with van der Waals surface area (Å²) < 4.78 is 68.3. The topological polar surface area (TPSA) is 237 Å². The first kappa shape index (κ1) is 88.1. The van der Waals surface area contributed by atoms with Crippen LogP contribution in [0, 0.1) is 11.8 Å². The Balaban J connectivity index is 5.23. The van der Waals surface area contributed by atoms with Crippen LogP contribution in [0.1, 0.15) is 363 Å². The summed E-state index contributed by atoms with van der Waals surface area (Å²) in [5.74, 6) is -0.611. The van der Waals surface area contributed by atoms with E-state index >= 15 is 0 Å². The smallest absolute Gasteiger partial charge is 0.462 e. The third-order valence-electron chi connectivity index (χ3n) is 16.8. The van der Waals surface area contributed by atoms with Crippen molar-refractivity contribution >= 4 is 39.5 Å². The number of esters is 4. The quantitative estimate of drug-likeness (QED) is 0.0222. The van der Waals surface area contributed by atoms with Gasteiger partial charge in [-0.3, -0.25) is 37.3 Å². The molecule has 0 heterocycles. The predicted octanol–water partition coefficient (Wildman–Crippen LogP) is 20.4. The number of hydrogen-bond donors (Lipinski definition) is 3. The number of aliphatic hydroxyl groups excluding tert-OH is 1. The molecule has 3 unspecified atom stereocenters. The zero-order valence-corrected chi connectivity index (χ0v) is 60.2. The van der Waals surface area contributed by atoms with Gasteiger partial charge in [0.1, 0.15) is 19.3 Å². The van der Waals surface area contributed by atoms with E-state index in [9.17, 15) is 43.2 Å². The average molecular weight is 1330 g/mol. The van der Waals surface area contributed by atoms with E-state index in [1.807, 2.05) is 0 Å². The zero-order chi connectivity index (χ0) is 66.5. The van der Waals surface area contributed by atoms with Crippen molar-refractivity contribution in [2.75, 3.05) is 39.6 Å². The molecule has 0 aromatic rings. The van der Waals surface area contributed by atoms with Crippen molar-refractivity contribution in [3.63, 3.8) is 0 Å². The SMILES string of the molecule is CCCCCCCCCCCCCCCCCCCC(=O)O[C@H](COC(=O)CCCCCCCCCCCC(C)C)COP(=O)(O)OC[C@@H](O)COP(=O)(O)OC[C@@H](COC(=O)CCCCCCCCCCC)OC(=O)CCCCCCCCCCC(C)CC. The highest BCUT2D eigenvalue weighted by atomic mass is 31.2. The van der Waals surface area contributed by atoms with Gasteiger partial charge in [0.15, 0.2) is 12.2 Å². The Hall–Kier alpha value is -1.94. The molecule has 0 rings (SSSR count). The summed E-state index contributed by atoms with van der Waals surface area (Å²) >= 11 is 0. The van der Waals surface area contributed by atoms with Crippen molar-refractivity contribution in [1.29, 1.82) is 0 Å². The fraction of sp³-hybridized carbons (Fsp3) is 0.944. The van der Waals surface area contributed by atoms with Gasteiger partial charge in [-0.2, -0.15) is 0 Å². The fourth-order valence-electron chi connectivity index (χ4n) is 10.7. The third kappa shape index (κ3) is 63.5. The van der Waals surface area contributed by atoms with Crippen molar-refractivity contribution in [2.45, 2.75) is 381 Å². The number of hydrogen-bond acceptors (Lipinski definition) is 15. The first-order chi connectivity index (χ1) is 43.4. The van der Waals surface area contributed by atoms with E-state index in [1.165, 1.54) is 180 Å². The molecular formula is C71H138O17P2. The van der Waals surface area contributed by atoms with E-state index in [0.717, 1.165) is 102 Å². The Morgan fingerprint density at radius 1 is 0.322 bits per heavy atom. The predicted molar refractivity (Wildman–Crippen MR) is 363 cm³/mol. The Bertz CT molecular complexity index is 1750. The number of rotatable bonds is 70. The molecule has 534 valence electrons. The molecule has 0 spiro atoms. The Morgan fingerprint density at radius 2 is 0.567 bits per heavy atom. The molecule has 0 saturated carbocycles. The lowest BCUT2D eigenvalue weighted by molar-refractivity contribution is -0.161. The maximum atomic E-state index is 13.0. The minimum Gasteiger partial charge on any atom is -0.462 e. The summed E-state index contributed by atoms with van der Waals surface area (Å²) in [5, 5.41) is 10.6. The van der Waals surface area contributed by atoms with Crippen LogP contribution in [0.4, 0.5) is 0 Å². The molecule has 6 atom stereocenters. The van der Waals surface area contributed by atoms with Gasteiger partial charge in [-0.1, -0.05) is 311 Å². The number of phosphoric ester groups is 2. The Kier molecular flexibility index (Phi) is 61.8. The monoisotopic (exact) mass is 1320 g/mol. The average Bonchev–Trinajstić information content (AvgIpc) is 3.36. The van der Waals surface area contributed by atoms with Crippen molar-refractivity contribution < 1.29 is 80.2 Å². The standard InChI is InChI=1S/C71H138O17P2/c1-7-10-12-14-16-18-19-20-21-22-23-24-25-29-37-43-49-55-70(75)87-66(60-82-69(74)54-48-42-36-30-26-28-33-39-45-51-63(4)5)61-85-89(77,78)83-57-65(72)58-84-90(79,80)86-62-67(59-81-68(73)53-47-41-35-27-17-15-13-11-8-2)88-71(76)56-50-44-38-32-31-34-40-46-52-64(6)9-3/h63-67,72H,7-62H2,1-6H3,(H,77,78)(H,79,80)/t64?,65-,66-,67-/m1/s1. The van der Waals surface area contributed by atoms with Crippen molar-refractivity contribution in [3.8, 4) is 0 Å². The second kappa shape index (κ2) is 63.1. The maximum absolute atomic E-state index is 13.0. The molecule has 0 aliphatic rings. The molecule has 3 N–H and O–H groups in total. The van der Waals surface area contributed by atoms with Gasteiger partial charge < -0.3 is 33.8 Å². The van der Waals surface area contributed by atoms with E-state index in [4.69, 9.17) is 37.0 Å². The van der Waals surface area contributed by atoms with Gasteiger partial charge in [0.25, 0.3) is 0 Å². The van der Waals surface area contributed by atoms with Crippen LogP contribution in [0.2, 0.25) is 0 Å². The molecule has 0 saturated heterocycles. The summed E-state index contributed by atoms with van der Waals surface area (Å²) in [4.78, 5) is 72.5. The lowest BCUT2D eigenvalue weighted by Crippen LogP contribution is -2.30. The normalized spacial score (nSPS) is 14.4. The summed E-state index contributed by atoms with van der Waals surface area (Å²) in [6.45, 7) is 9.52. The van der Waals surface area contributed by atoms with E-state index in [1.54, 1.807) is 0 Å². The molecule has 0 radical (unpaired) electrons. The molecule has 0 aromatic heterocycles. The van der Waals surface area contributed by atoms with Crippen molar-refractivity contribution in [3.05, 3.63) is 0 Å². The molecule has 90 heavy (non-hydrogen) atoms. The van der Waals surface area contributed by atoms with E-state index in [0.29, 0.717) is 25.7 Å². The van der Waals surface area contributed by atoms with Crippen LogP contribution < -0.4 is 0 Å². The summed E-state index contributed by atoms with van der Waals surface area (Å²) in [7, 11) is -9.90. The zero-order valence-electron chi connectivity index (χ0n) is 58.4. The van der Waals surface area contributed by atoms with E-state index < -0.39 is 97.5 Å². The fourth-order valence-corrected chi connectivity index (χ4v) is 12.3. The second-order valence-electron chi connectivity index (χ2n) is 26.3. The van der Waals surface area contributed by atoms with Crippen LogP contribution in [0.25, 0.3) is 0 Å². The van der Waals surface area contributed by atoms with Crippen LogP contribution in [-0.2, 0) is 65.4 Å². The number of carbonyl (C=O) groups is 4. The van der Waals surface area contributed by atoms with Crippen molar-refractivity contribution in [2.24, 2.45) is 11.8 Å². The molecule has 0 aromatic carbocycles. The summed E-state index contributed by atoms with van der Waals surface area (Å²) in [6.07, 6.45) is 48.5. The van der Waals surface area contributed by atoms with Gasteiger partial charge in [0.2, 0.25) is 0 Å². The number of aliphatic hydroxyl groups is 1. The first-order valence-electron chi connectivity index (χ1n) is 37.0. The van der Waals surface area contributed by atoms with E-state index in [2.05, 4.69) is 41.5 Å². The van der Waals surface area contributed by atoms with Gasteiger partial charge in [-0.05, 0) is 37.5 Å². The third-order valence-corrected chi connectivity index (χ3v) is 18.7. The van der Waals surface area contributed by atoms with E-state index in [-0.39, 0.29) is 25.7 Å². The number of unbranched alkanes of at least 4 members (excludes halogenated alkanes) is 39. The van der Waals surface area contributed by atoms with Crippen LogP contribution in [0.5, 0.6) is 0 Å². The highest BCUT2D eigenvalue weighted by Gasteiger charge is 2.30. The Morgan fingerprint density at radius 3 is 0.844 bits per heavy atom. The highest BCUT2D eigenvalue weighted by Crippen LogP contribution is 2.45. The molecule has 0 aliphatic carbocycles. The Labute approximate surface area is 549 Å². The molecule has 0 aliphatic heterocycles. The number of phosphoric acid groups is 2. The largest absolute Gasteiger partial charge is 0.472 e. The van der Waals surface area contributed by atoms with Gasteiger partial charge in [-0.15, -0.1) is 0 Å².